The van der Waals surface area contributed by atoms with Crippen LogP contribution in [0.25, 0.3) is 0 Å². The average molecular weight is 285 g/mol. The van der Waals surface area contributed by atoms with Gasteiger partial charge < -0.3 is 10.6 Å². The molecular formula is C11H9F2N3O4. The smallest absolute Gasteiger partial charge is 0.296 e. The molecule has 1 atom stereocenters. The minimum Gasteiger partial charge on any atom is -0.355 e. The van der Waals surface area contributed by atoms with Gasteiger partial charge in [0.2, 0.25) is 11.8 Å². The number of carbonyl (C=O) groups excluding carboxylic acids is 2. The highest BCUT2D eigenvalue weighted by Gasteiger charge is 2.31. The zero-order valence-electron chi connectivity index (χ0n) is 9.98. The van der Waals surface area contributed by atoms with Crippen molar-refractivity contribution < 1.29 is 23.3 Å². The molecule has 0 spiro atoms. The second-order valence-corrected chi connectivity index (χ2v) is 4.21. The molecule has 106 valence electrons. The van der Waals surface area contributed by atoms with E-state index in [0.29, 0.717) is 6.07 Å². The summed E-state index contributed by atoms with van der Waals surface area (Å²) in [6.07, 6.45) is -0.101. The van der Waals surface area contributed by atoms with Gasteiger partial charge >= 0.3 is 0 Å². The van der Waals surface area contributed by atoms with Gasteiger partial charge in [-0.25, -0.2) is 8.78 Å². The Morgan fingerprint density at radius 2 is 2.15 bits per heavy atom. The summed E-state index contributed by atoms with van der Waals surface area (Å²) >= 11 is 0. The minimum absolute atomic E-state index is 0.0510. The zero-order valence-corrected chi connectivity index (χ0v) is 9.98. The summed E-state index contributed by atoms with van der Waals surface area (Å²) in [6.45, 7) is 0.0510. The lowest BCUT2D eigenvalue weighted by Gasteiger charge is -2.10. The predicted molar refractivity (Wildman–Crippen MR) is 62.8 cm³/mol. The van der Waals surface area contributed by atoms with E-state index < -0.39 is 39.8 Å². The van der Waals surface area contributed by atoms with Gasteiger partial charge in [0.05, 0.1) is 10.8 Å². The molecule has 0 aliphatic carbocycles. The van der Waals surface area contributed by atoms with Crippen molar-refractivity contribution in [2.45, 2.75) is 6.42 Å². The van der Waals surface area contributed by atoms with Crippen LogP contribution in [-0.4, -0.2) is 23.3 Å². The number of benzene rings is 1. The molecule has 1 heterocycles. The Kier molecular flexibility index (Phi) is 3.59. The first-order chi connectivity index (χ1) is 9.40. The number of carbonyl (C=O) groups is 2. The van der Waals surface area contributed by atoms with E-state index in [-0.39, 0.29) is 18.9 Å². The van der Waals surface area contributed by atoms with E-state index in [4.69, 9.17) is 0 Å². The third kappa shape index (κ3) is 2.56. The van der Waals surface area contributed by atoms with Gasteiger partial charge in [0.15, 0.2) is 17.3 Å². The Morgan fingerprint density at radius 3 is 2.70 bits per heavy atom. The minimum atomic E-state index is -1.51. The van der Waals surface area contributed by atoms with Crippen molar-refractivity contribution in [3.05, 3.63) is 33.9 Å². The summed E-state index contributed by atoms with van der Waals surface area (Å²) < 4.78 is 26.7. The molecule has 20 heavy (non-hydrogen) atoms. The fourth-order valence-corrected chi connectivity index (χ4v) is 1.83. The van der Waals surface area contributed by atoms with Crippen molar-refractivity contribution in [3.63, 3.8) is 0 Å². The maximum atomic E-state index is 13.6. The maximum absolute atomic E-state index is 13.6. The molecule has 1 aromatic carbocycles. The highest BCUT2D eigenvalue weighted by molar-refractivity contribution is 5.98. The number of amides is 2. The third-order valence-electron chi connectivity index (χ3n) is 2.87. The van der Waals surface area contributed by atoms with Crippen molar-refractivity contribution in [2.24, 2.45) is 5.92 Å². The van der Waals surface area contributed by atoms with Crippen LogP contribution in [0, 0.1) is 27.7 Å². The van der Waals surface area contributed by atoms with Crippen LogP contribution in [0.2, 0.25) is 0 Å². The Balaban J connectivity index is 2.28. The molecule has 0 bridgehead atoms. The van der Waals surface area contributed by atoms with Crippen LogP contribution in [0.1, 0.15) is 6.42 Å². The van der Waals surface area contributed by atoms with E-state index in [0.717, 1.165) is 6.07 Å². The average Bonchev–Trinajstić information content (AvgIpc) is 2.81. The normalized spacial score (nSPS) is 17.7. The first kappa shape index (κ1) is 13.8. The number of nitro groups is 1. The van der Waals surface area contributed by atoms with Crippen LogP contribution < -0.4 is 10.6 Å². The van der Waals surface area contributed by atoms with E-state index in [1.54, 1.807) is 0 Å². The van der Waals surface area contributed by atoms with Crippen molar-refractivity contribution >= 4 is 23.2 Å². The van der Waals surface area contributed by atoms with Crippen LogP contribution in [0.5, 0.6) is 0 Å². The number of rotatable bonds is 3. The summed E-state index contributed by atoms with van der Waals surface area (Å²) in [4.78, 5) is 32.6. The van der Waals surface area contributed by atoms with Crippen LogP contribution in [0.4, 0.5) is 20.2 Å². The van der Waals surface area contributed by atoms with Crippen LogP contribution in [0.3, 0.4) is 0 Å². The van der Waals surface area contributed by atoms with E-state index in [1.165, 1.54) is 0 Å². The van der Waals surface area contributed by atoms with E-state index in [2.05, 4.69) is 5.32 Å². The molecule has 2 amide bonds. The second kappa shape index (κ2) is 5.19. The molecule has 1 unspecified atom stereocenters. The van der Waals surface area contributed by atoms with Gasteiger partial charge in [-0.15, -0.1) is 0 Å². The molecule has 0 saturated carbocycles. The number of hydrogen-bond acceptors (Lipinski definition) is 4. The highest BCUT2D eigenvalue weighted by atomic mass is 19.2. The van der Waals surface area contributed by atoms with Crippen LogP contribution >= 0.6 is 0 Å². The van der Waals surface area contributed by atoms with Gasteiger partial charge in [-0.2, -0.15) is 0 Å². The van der Waals surface area contributed by atoms with E-state index >= 15 is 0 Å². The summed E-state index contributed by atoms with van der Waals surface area (Å²) in [5.74, 6) is -4.73. The maximum Gasteiger partial charge on any atom is 0.296 e. The number of nitrogens with one attached hydrogen (secondary N) is 2. The number of nitro benzene ring substituents is 1. The van der Waals surface area contributed by atoms with Gasteiger partial charge in [0.25, 0.3) is 5.69 Å². The molecule has 1 fully saturated rings. The van der Waals surface area contributed by atoms with Crippen LogP contribution in [0.15, 0.2) is 12.1 Å². The lowest BCUT2D eigenvalue weighted by Crippen LogP contribution is -2.25. The fraction of sp³-hybridized carbons (Fsp3) is 0.273. The molecule has 1 aliphatic heterocycles. The first-order valence-corrected chi connectivity index (χ1v) is 5.60. The summed E-state index contributed by atoms with van der Waals surface area (Å²) in [6, 6.07) is 1.36. The monoisotopic (exact) mass is 285 g/mol. The Morgan fingerprint density at radius 1 is 1.45 bits per heavy atom. The SMILES string of the molecule is O=C1CC(C(=O)Nc2c([N+](=O)[O-])ccc(F)c2F)CN1. The zero-order chi connectivity index (χ0) is 14.9. The number of anilines is 1. The molecule has 0 aromatic heterocycles. The van der Waals surface area contributed by atoms with Crippen molar-refractivity contribution in [1.29, 1.82) is 0 Å². The first-order valence-electron chi connectivity index (χ1n) is 5.60. The van der Waals surface area contributed by atoms with Gasteiger partial charge in [0.1, 0.15) is 0 Å². The van der Waals surface area contributed by atoms with Crippen molar-refractivity contribution in [3.8, 4) is 0 Å². The Hall–Kier alpha value is -2.58. The summed E-state index contributed by atoms with van der Waals surface area (Å²) in [5.41, 5.74) is -1.59. The highest BCUT2D eigenvalue weighted by Crippen LogP contribution is 2.29. The van der Waals surface area contributed by atoms with Gasteiger partial charge in [0, 0.05) is 19.0 Å². The molecule has 7 nitrogen and oxygen atoms in total. The molecule has 9 heteroatoms. The molecule has 2 rings (SSSR count). The molecule has 1 saturated heterocycles. The van der Waals surface area contributed by atoms with E-state index in [1.807, 2.05) is 5.32 Å². The van der Waals surface area contributed by atoms with Crippen molar-refractivity contribution in [2.75, 3.05) is 11.9 Å². The third-order valence-corrected chi connectivity index (χ3v) is 2.87. The Labute approximate surface area is 111 Å². The lowest BCUT2D eigenvalue weighted by molar-refractivity contribution is -0.384. The predicted octanol–water partition coefficient (Wildman–Crippen LogP) is 0.948. The quantitative estimate of drug-likeness (QED) is 0.637. The van der Waals surface area contributed by atoms with Gasteiger partial charge in [-0.1, -0.05) is 0 Å². The number of nitrogens with zero attached hydrogens (tertiary/aromatic N) is 1. The van der Waals surface area contributed by atoms with Gasteiger partial charge in [-0.3, -0.25) is 19.7 Å². The van der Waals surface area contributed by atoms with Crippen molar-refractivity contribution in [1.82, 2.24) is 5.32 Å². The molecule has 1 aliphatic rings. The fourth-order valence-electron chi connectivity index (χ4n) is 1.83. The molecular weight excluding hydrogens is 276 g/mol. The second-order valence-electron chi connectivity index (χ2n) is 4.21. The number of hydrogen-bond donors (Lipinski definition) is 2. The molecule has 2 N–H and O–H groups in total. The van der Waals surface area contributed by atoms with E-state index in [9.17, 15) is 28.5 Å². The lowest BCUT2D eigenvalue weighted by atomic mass is 10.1. The Bertz CT molecular complexity index is 606. The topological polar surface area (TPSA) is 101 Å². The molecule has 0 radical (unpaired) electrons. The van der Waals surface area contributed by atoms with Crippen LogP contribution in [-0.2, 0) is 9.59 Å². The summed E-state index contributed by atoms with van der Waals surface area (Å²) in [7, 11) is 0. The summed E-state index contributed by atoms with van der Waals surface area (Å²) in [5, 5.41) is 15.1. The largest absolute Gasteiger partial charge is 0.355 e. The standard InChI is InChI=1S/C11H9F2N3O4/c12-6-1-2-7(16(19)20)10(9(6)13)15-11(18)5-3-8(17)14-4-5/h1-2,5H,3-4H2,(H,14,17)(H,15,18). The van der Waals surface area contributed by atoms with Gasteiger partial charge in [-0.05, 0) is 6.07 Å². The molecule has 1 aromatic rings. The number of halogens is 2.